The molecule has 1 aromatic carbocycles. The van der Waals surface area contributed by atoms with Gasteiger partial charge >= 0.3 is 6.18 Å². The van der Waals surface area contributed by atoms with Gasteiger partial charge in [0.25, 0.3) is 5.56 Å². The minimum Gasteiger partial charge on any atom is -0.396 e. The van der Waals surface area contributed by atoms with Crippen molar-refractivity contribution >= 4 is 12.0 Å². The van der Waals surface area contributed by atoms with Gasteiger partial charge < -0.3 is 9.67 Å². The summed E-state index contributed by atoms with van der Waals surface area (Å²) in [7, 11) is 1.48. The summed E-state index contributed by atoms with van der Waals surface area (Å²) in [6, 6.07) is 3.33. The summed E-state index contributed by atoms with van der Waals surface area (Å²) in [6.07, 6.45) is -2.77. The molecule has 0 unspecified atom stereocenters. The molecule has 148 valence electrons. The molecule has 0 radical (unpaired) electrons. The first-order valence-electron chi connectivity index (χ1n) is 8.74. The van der Waals surface area contributed by atoms with Gasteiger partial charge in [-0.05, 0) is 42.7 Å². The number of pyridine rings is 1. The average Bonchev–Trinajstić information content (AvgIpc) is 3.12. The van der Waals surface area contributed by atoms with E-state index in [1.165, 1.54) is 23.9 Å². The maximum absolute atomic E-state index is 13.3. The molecule has 0 saturated carbocycles. The van der Waals surface area contributed by atoms with Crippen molar-refractivity contribution < 1.29 is 23.1 Å². The number of alkyl halides is 3. The zero-order valence-electron chi connectivity index (χ0n) is 15.4. The van der Waals surface area contributed by atoms with Crippen LogP contribution >= 0.6 is 0 Å². The van der Waals surface area contributed by atoms with Gasteiger partial charge in [-0.15, -0.1) is 0 Å². The highest BCUT2D eigenvalue weighted by Crippen LogP contribution is 2.36. The summed E-state index contributed by atoms with van der Waals surface area (Å²) < 4.78 is 41.3. The predicted octanol–water partition coefficient (Wildman–Crippen LogP) is 3.27. The lowest BCUT2D eigenvalue weighted by molar-refractivity contribution is -0.137. The highest BCUT2D eigenvalue weighted by Gasteiger charge is 2.33. The third-order valence-corrected chi connectivity index (χ3v) is 4.94. The summed E-state index contributed by atoms with van der Waals surface area (Å²) in [5.74, 6) is -0.277. The van der Waals surface area contributed by atoms with Gasteiger partial charge in [0.1, 0.15) is 0 Å². The number of aliphatic imine (C=N–C) groups is 1. The van der Waals surface area contributed by atoms with E-state index < -0.39 is 17.3 Å². The van der Waals surface area contributed by atoms with Gasteiger partial charge in [-0.25, -0.2) is 0 Å². The Morgan fingerprint density at radius 1 is 1.25 bits per heavy atom. The van der Waals surface area contributed by atoms with Crippen LogP contribution in [-0.2, 0) is 19.8 Å². The first-order valence-corrected chi connectivity index (χ1v) is 8.74. The Morgan fingerprint density at radius 2 is 1.96 bits per heavy atom. The summed E-state index contributed by atoms with van der Waals surface area (Å²) in [4.78, 5) is 29.4. The van der Waals surface area contributed by atoms with Crippen molar-refractivity contribution in [1.29, 1.82) is 0 Å². The molecule has 3 rings (SSSR count). The lowest BCUT2D eigenvalue weighted by atomic mass is 9.92. The summed E-state index contributed by atoms with van der Waals surface area (Å²) in [5, 5.41) is 8.95. The van der Waals surface area contributed by atoms with Crippen molar-refractivity contribution in [2.24, 2.45) is 12.0 Å². The van der Waals surface area contributed by atoms with Gasteiger partial charge in [-0.2, -0.15) is 13.2 Å². The molecule has 1 aliphatic heterocycles. The van der Waals surface area contributed by atoms with Crippen LogP contribution in [-0.4, -0.2) is 28.3 Å². The number of aliphatic hydroxyl groups is 1. The Hall–Kier alpha value is -2.74. The molecule has 0 fully saturated rings. The molecule has 2 aromatic rings. The van der Waals surface area contributed by atoms with Crippen molar-refractivity contribution in [2.75, 3.05) is 6.61 Å². The fourth-order valence-corrected chi connectivity index (χ4v) is 3.29. The zero-order chi connectivity index (χ0) is 20.6. The van der Waals surface area contributed by atoms with Gasteiger partial charge in [0.15, 0.2) is 5.78 Å². The molecular formula is C20H19F3N2O3. The standard InChI is InChI=1S/C20H19F3N2O3/c1-11-14(18(27)4-3-5-26)8-16(19(28)25(11)2)15-7-13(20(21,22)23)6-12-9-24-10-17(12)15/h6-8,10,26H,3-5,9H2,1-2H3. The zero-order valence-corrected chi connectivity index (χ0v) is 15.4. The summed E-state index contributed by atoms with van der Waals surface area (Å²) in [5.41, 5.74) is 0.323. The number of nitrogens with zero attached hydrogens (tertiary/aromatic N) is 2. The van der Waals surface area contributed by atoms with Gasteiger partial charge in [-0.1, -0.05) is 0 Å². The van der Waals surface area contributed by atoms with Crippen LogP contribution in [0.2, 0.25) is 0 Å². The van der Waals surface area contributed by atoms with E-state index >= 15 is 0 Å². The van der Waals surface area contributed by atoms with Gasteiger partial charge in [0.2, 0.25) is 0 Å². The second-order valence-corrected chi connectivity index (χ2v) is 6.74. The number of hydrogen-bond acceptors (Lipinski definition) is 4. The van der Waals surface area contributed by atoms with Crippen LogP contribution in [0, 0.1) is 6.92 Å². The number of halogens is 3. The van der Waals surface area contributed by atoms with Gasteiger partial charge in [0.05, 0.1) is 12.1 Å². The van der Waals surface area contributed by atoms with E-state index in [2.05, 4.69) is 4.99 Å². The van der Waals surface area contributed by atoms with Crippen molar-refractivity contribution in [2.45, 2.75) is 32.5 Å². The number of carbonyl (C=O) groups excluding carboxylic acids is 1. The fraction of sp³-hybridized carbons (Fsp3) is 0.350. The molecular weight excluding hydrogens is 373 g/mol. The average molecular weight is 392 g/mol. The van der Waals surface area contributed by atoms with E-state index in [0.717, 1.165) is 12.1 Å². The lowest BCUT2D eigenvalue weighted by Gasteiger charge is -2.16. The third-order valence-electron chi connectivity index (χ3n) is 4.94. The Bertz CT molecular complexity index is 1040. The number of hydrogen-bond donors (Lipinski definition) is 1. The van der Waals surface area contributed by atoms with Crippen LogP contribution in [0.15, 0.2) is 28.0 Å². The van der Waals surface area contributed by atoms with E-state index in [0.29, 0.717) is 16.8 Å². The normalized spacial score (nSPS) is 13.1. The van der Waals surface area contributed by atoms with Crippen molar-refractivity contribution in [3.63, 3.8) is 0 Å². The predicted molar refractivity (Wildman–Crippen MR) is 98.8 cm³/mol. The van der Waals surface area contributed by atoms with Crippen LogP contribution in [0.3, 0.4) is 0 Å². The summed E-state index contributed by atoms with van der Waals surface area (Å²) >= 11 is 0. The first kappa shape index (κ1) is 20.0. The molecule has 28 heavy (non-hydrogen) atoms. The molecule has 1 N–H and O–H groups in total. The Balaban J connectivity index is 2.26. The van der Waals surface area contributed by atoms with Crippen LogP contribution in [0.4, 0.5) is 13.2 Å². The van der Waals surface area contributed by atoms with Crippen molar-refractivity contribution in [3.05, 3.63) is 56.5 Å². The minimum absolute atomic E-state index is 0.0242. The van der Waals surface area contributed by atoms with Crippen LogP contribution in [0.25, 0.3) is 11.1 Å². The van der Waals surface area contributed by atoms with Gasteiger partial charge in [0, 0.05) is 48.7 Å². The molecule has 0 saturated heterocycles. The number of aliphatic hydroxyl groups excluding tert-OH is 1. The molecule has 0 aliphatic carbocycles. The first-order chi connectivity index (χ1) is 13.1. The van der Waals surface area contributed by atoms with E-state index in [1.54, 1.807) is 6.92 Å². The van der Waals surface area contributed by atoms with Gasteiger partial charge in [-0.3, -0.25) is 14.6 Å². The summed E-state index contributed by atoms with van der Waals surface area (Å²) in [6.45, 7) is 1.57. The maximum Gasteiger partial charge on any atom is 0.416 e. The SMILES string of the molecule is Cc1c(C(=O)CCCO)cc(-c2cc(C(F)(F)F)cc3c2C=NC3)c(=O)n1C. The molecule has 2 heterocycles. The molecule has 1 aromatic heterocycles. The van der Waals surface area contributed by atoms with Crippen molar-refractivity contribution in [3.8, 4) is 11.1 Å². The highest BCUT2D eigenvalue weighted by molar-refractivity contribution is 5.99. The number of fused-ring (bicyclic) bond motifs is 1. The monoisotopic (exact) mass is 392 g/mol. The second-order valence-electron chi connectivity index (χ2n) is 6.74. The van der Waals surface area contributed by atoms with E-state index in [4.69, 9.17) is 5.11 Å². The topological polar surface area (TPSA) is 71.7 Å². The number of carbonyl (C=O) groups is 1. The molecule has 0 amide bonds. The molecule has 0 bridgehead atoms. The maximum atomic E-state index is 13.3. The second kappa shape index (κ2) is 7.35. The van der Waals surface area contributed by atoms with E-state index in [1.807, 2.05) is 0 Å². The third kappa shape index (κ3) is 3.52. The largest absolute Gasteiger partial charge is 0.416 e. The van der Waals surface area contributed by atoms with Crippen LogP contribution in [0.5, 0.6) is 0 Å². The Morgan fingerprint density at radius 3 is 2.61 bits per heavy atom. The molecule has 8 heteroatoms. The number of ketones is 1. The Labute approximate surface area is 159 Å². The van der Waals surface area contributed by atoms with Crippen molar-refractivity contribution in [1.82, 2.24) is 4.57 Å². The minimum atomic E-state index is -4.57. The Kier molecular flexibility index (Phi) is 5.25. The number of aromatic nitrogens is 1. The smallest absolute Gasteiger partial charge is 0.396 e. The molecule has 1 aliphatic rings. The fourth-order valence-electron chi connectivity index (χ4n) is 3.29. The molecule has 0 atom stereocenters. The van der Waals surface area contributed by atoms with E-state index in [9.17, 15) is 22.8 Å². The lowest BCUT2D eigenvalue weighted by Crippen LogP contribution is -2.24. The van der Waals surface area contributed by atoms with E-state index in [-0.39, 0.29) is 48.5 Å². The molecule has 5 nitrogen and oxygen atoms in total. The number of rotatable bonds is 5. The van der Waals surface area contributed by atoms with Crippen LogP contribution < -0.4 is 5.56 Å². The number of Topliss-reactive ketones (excluding diaryl/α,β-unsaturated/α-hetero) is 1. The quantitative estimate of drug-likeness (QED) is 0.794. The highest BCUT2D eigenvalue weighted by atomic mass is 19.4. The van der Waals surface area contributed by atoms with Crippen LogP contribution in [0.1, 0.15) is 45.6 Å². The number of benzene rings is 1. The molecule has 0 spiro atoms.